The van der Waals surface area contributed by atoms with E-state index in [0.29, 0.717) is 5.56 Å². The monoisotopic (exact) mass is 253 g/mol. The summed E-state index contributed by atoms with van der Waals surface area (Å²) in [4.78, 5) is 0. The summed E-state index contributed by atoms with van der Waals surface area (Å²) in [7, 11) is 0. The summed E-state index contributed by atoms with van der Waals surface area (Å²) < 4.78 is 53.4. The zero-order valence-corrected chi connectivity index (χ0v) is 9.53. The molecule has 0 aromatic heterocycles. The molecule has 93 valence electrons. The van der Waals surface area contributed by atoms with Gasteiger partial charge in [-0.25, -0.2) is 17.6 Å². The summed E-state index contributed by atoms with van der Waals surface area (Å²) >= 11 is 0. The molecule has 0 saturated carbocycles. The predicted molar refractivity (Wildman–Crippen MR) is 60.9 cm³/mol. The SMILES string of the molecule is [CH2]c1c(F)c(F)c(F)c(F)c1-c1ccccc1C. The van der Waals surface area contributed by atoms with Crippen molar-refractivity contribution < 1.29 is 17.6 Å². The maximum atomic E-state index is 13.7. The van der Waals surface area contributed by atoms with E-state index in [2.05, 4.69) is 6.92 Å². The van der Waals surface area contributed by atoms with Crippen LogP contribution in [0, 0.1) is 37.1 Å². The van der Waals surface area contributed by atoms with Crippen molar-refractivity contribution in [1.82, 2.24) is 0 Å². The summed E-state index contributed by atoms with van der Waals surface area (Å²) in [6, 6.07) is 6.46. The van der Waals surface area contributed by atoms with Crippen molar-refractivity contribution in [3.05, 3.63) is 65.6 Å². The van der Waals surface area contributed by atoms with Gasteiger partial charge in [-0.1, -0.05) is 24.3 Å². The minimum Gasteiger partial charge on any atom is -0.203 e. The molecular weight excluding hydrogens is 244 g/mol. The highest BCUT2D eigenvalue weighted by atomic mass is 19.2. The molecule has 0 spiro atoms. The molecule has 0 unspecified atom stereocenters. The van der Waals surface area contributed by atoms with E-state index >= 15 is 0 Å². The van der Waals surface area contributed by atoms with Crippen molar-refractivity contribution in [2.24, 2.45) is 0 Å². The molecule has 4 heteroatoms. The van der Waals surface area contributed by atoms with Crippen LogP contribution in [0.3, 0.4) is 0 Å². The predicted octanol–water partition coefficient (Wildman–Crippen LogP) is 4.40. The molecule has 2 aromatic carbocycles. The third kappa shape index (κ3) is 1.78. The number of rotatable bonds is 1. The first-order valence-corrected chi connectivity index (χ1v) is 5.19. The quantitative estimate of drug-likeness (QED) is 0.401. The van der Waals surface area contributed by atoms with Gasteiger partial charge in [0.05, 0.1) is 0 Å². The van der Waals surface area contributed by atoms with Crippen LogP contribution < -0.4 is 0 Å². The Morgan fingerprint density at radius 2 is 1.39 bits per heavy atom. The van der Waals surface area contributed by atoms with Crippen LogP contribution in [0.2, 0.25) is 0 Å². The molecule has 0 aliphatic heterocycles. The Labute approximate surface area is 102 Å². The van der Waals surface area contributed by atoms with Crippen molar-refractivity contribution in [3.63, 3.8) is 0 Å². The highest BCUT2D eigenvalue weighted by molar-refractivity contribution is 5.72. The molecular formula is C14H9F4. The van der Waals surface area contributed by atoms with Gasteiger partial charge in [0.15, 0.2) is 23.3 Å². The molecule has 0 nitrogen and oxygen atoms in total. The second kappa shape index (κ2) is 4.44. The van der Waals surface area contributed by atoms with Crippen LogP contribution in [-0.4, -0.2) is 0 Å². The van der Waals surface area contributed by atoms with Crippen LogP contribution in [0.1, 0.15) is 11.1 Å². The van der Waals surface area contributed by atoms with Gasteiger partial charge >= 0.3 is 0 Å². The summed E-state index contributed by atoms with van der Waals surface area (Å²) in [6.45, 7) is 4.94. The maximum absolute atomic E-state index is 13.7. The summed E-state index contributed by atoms with van der Waals surface area (Å²) in [5.41, 5.74) is 0.0784. The van der Waals surface area contributed by atoms with E-state index < -0.39 is 28.8 Å². The minimum absolute atomic E-state index is 0.290. The first-order chi connectivity index (χ1) is 8.45. The van der Waals surface area contributed by atoms with Crippen LogP contribution in [0.4, 0.5) is 17.6 Å². The second-order valence-electron chi connectivity index (χ2n) is 3.92. The van der Waals surface area contributed by atoms with Crippen molar-refractivity contribution in [2.75, 3.05) is 0 Å². The van der Waals surface area contributed by atoms with E-state index in [0.717, 1.165) is 0 Å². The normalized spacial score (nSPS) is 10.8. The van der Waals surface area contributed by atoms with E-state index in [1.807, 2.05) is 0 Å². The van der Waals surface area contributed by atoms with Crippen LogP contribution in [0.15, 0.2) is 24.3 Å². The molecule has 1 radical (unpaired) electrons. The van der Waals surface area contributed by atoms with E-state index in [1.165, 1.54) is 6.07 Å². The Morgan fingerprint density at radius 1 is 0.833 bits per heavy atom. The van der Waals surface area contributed by atoms with Crippen molar-refractivity contribution in [2.45, 2.75) is 6.92 Å². The van der Waals surface area contributed by atoms with Crippen molar-refractivity contribution in [1.29, 1.82) is 0 Å². The average Bonchev–Trinajstić information content (AvgIpc) is 2.36. The highest BCUT2D eigenvalue weighted by Crippen LogP contribution is 2.33. The third-order valence-electron chi connectivity index (χ3n) is 2.78. The molecule has 0 saturated heterocycles. The number of hydrogen-bond donors (Lipinski definition) is 0. The molecule has 0 aliphatic carbocycles. The summed E-state index contributed by atoms with van der Waals surface area (Å²) in [5, 5.41) is 0. The molecule has 0 bridgehead atoms. The standard InChI is InChI=1S/C14H9F4/c1-7-5-3-4-6-9(7)10-8(2)11(15)13(17)14(18)12(10)16/h3-6H,2H2,1H3. The molecule has 0 heterocycles. The van der Waals surface area contributed by atoms with Crippen molar-refractivity contribution >= 4 is 0 Å². The number of aryl methyl sites for hydroxylation is 1. The Morgan fingerprint density at radius 3 is 2.00 bits per heavy atom. The third-order valence-corrected chi connectivity index (χ3v) is 2.78. The molecule has 0 aliphatic rings. The lowest BCUT2D eigenvalue weighted by atomic mass is 9.95. The lowest BCUT2D eigenvalue weighted by Gasteiger charge is -2.12. The lowest BCUT2D eigenvalue weighted by molar-refractivity contribution is 0.409. The molecule has 2 aromatic rings. The fraction of sp³-hybridized carbons (Fsp3) is 0.0714. The number of halogens is 4. The molecule has 0 atom stereocenters. The summed E-state index contributed by atoms with van der Waals surface area (Å²) in [6.07, 6.45) is 0. The molecule has 0 N–H and O–H groups in total. The lowest BCUT2D eigenvalue weighted by Crippen LogP contribution is -2.03. The first-order valence-electron chi connectivity index (χ1n) is 5.19. The number of hydrogen-bond acceptors (Lipinski definition) is 0. The van der Waals surface area contributed by atoms with Gasteiger partial charge < -0.3 is 0 Å². The van der Waals surface area contributed by atoms with Crippen molar-refractivity contribution in [3.8, 4) is 11.1 Å². The van der Waals surface area contributed by atoms with Gasteiger partial charge in [0.25, 0.3) is 0 Å². The molecule has 0 fully saturated rings. The maximum Gasteiger partial charge on any atom is 0.198 e. The van der Waals surface area contributed by atoms with Crippen LogP contribution in [0.25, 0.3) is 11.1 Å². The summed E-state index contributed by atoms with van der Waals surface area (Å²) in [5.74, 6) is -6.55. The van der Waals surface area contributed by atoms with Gasteiger partial charge in [-0.3, -0.25) is 0 Å². The average molecular weight is 253 g/mol. The first kappa shape index (κ1) is 12.6. The topological polar surface area (TPSA) is 0 Å². The smallest absolute Gasteiger partial charge is 0.198 e. The van der Waals surface area contributed by atoms with Crippen LogP contribution in [0.5, 0.6) is 0 Å². The molecule has 0 amide bonds. The highest BCUT2D eigenvalue weighted by Gasteiger charge is 2.24. The van der Waals surface area contributed by atoms with Gasteiger partial charge in [0.2, 0.25) is 0 Å². The van der Waals surface area contributed by atoms with Crippen LogP contribution >= 0.6 is 0 Å². The number of benzene rings is 2. The van der Waals surface area contributed by atoms with E-state index in [4.69, 9.17) is 0 Å². The van der Waals surface area contributed by atoms with E-state index in [-0.39, 0.29) is 11.1 Å². The van der Waals surface area contributed by atoms with Gasteiger partial charge in [0, 0.05) is 11.1 Å². The molecule has 18 heavy (non-hydrogen) atoms. The van der Waals surface area contributed by atoms with Gasteiger partial charge in [-0.05, 0) is 25.0 Å². The van der Waals surface area contributed by atoms with Gasteiger partial charge in [-0.15, -0.1) is 0 Å². The zero-order valence-electron chi connectivity index (χ0n) is 9.53. The van der Waals surface area contributed by atoms with Gasteiger partial charge in [-0.2, -0.15) is 0 Å². The van der Waals surface area contributed by atoms with E-state index in [9.17, 15) is 17.6 Å². The van der Waals surface area contributed by atoms with Crippen LogP contribution in [-0.2, 0) is 0 Å². The minimum atomic E-state index is -1.84. The van der Waals surface area contributed by atoms with Gasteiger partial charge in [0.1, 0.15) is 0 Å². The fourth-order valence-electron chi connectivity index (χ4n) is 1.81. The Kier molecular flexibility index (Phi) is 3.11. The fourth-order valence-corrected chi connectivity index (χ4v) is 1.81. The zero-order chi connectivity index (χ0) is 13.4. The second-order valence-corrected chi connectivity index (χ2v) is 3.92. The molecule has 2 rings (SSSR count). The Balaban J connectivity index is 2.85. The Hall–Kier alpha value is -1.84. The Bertz CT molecular complexity index is 588. The largest absolute Gasteiger partial charge is 0.203 e. The van der Waals surface area contributed by atoms with E-state index in [1.54, 1.807) is 25.1 Å².